The molecule has 1 aliphatic heterocycles. The summed E-state index contributed by atoms with van der Waals surface area (Å²) in [4.78, 5) is 26.0. The molecule has 0 spiro atoms. The average Bonchev–Trinajstić information content (AvgIpc) is 3.07. The van der Waals surface area contributed by atoms with Crippen molar-refractivity contribution in [1.29, 1.82) is 0 Å². The fourth-order valence-electron chi connectivity index (χ4n) is 3.00. The number of amides is 2. The molecule has 1 atom stereocenters. The van der Waals surface area contributed by atoms with Crippen LogP contribution in [0.25, 0.3) is 0 Å². The van der Waals surface area contributed by atoms with Gasteiger partial charge in [-0.15, -0.1) is 0 Å². The van der Waals surface area contributed by atoms with E-state index in [0.717, 1.165) is 11.8 Å². The predicted octanol–water partition coefficient (Wildman–Crippen LogP) is 3.23. The molecule has 1 heterocycles. The van der Waals surface area contributed by atoms with Crippen LogP contribution in [0.1, 0.15) is 17.5 Å². The zero-order valence-electron chi connectivity index (χ0n) is 14.8. The smallest absolute Gasteiger partial charge is 0.345 e. The lowest BCUT2D eigenvalue weighted by molar-refractivity contribution is -0.137. The highest BCUT2D eigenvalue weighted by molar-refractivity contribution is 6.00. The second-order valence-electron chi connectivity index (χ2n) is 6.30. The highest BCUT2D eigenvalue weighted by atomic mass is 19.4. The zero-order chi connectivity index (χ0) is 20.1. The molecule has 28 heavy (non-hydrogen) atoms. The molecule has 1 N–H and O–H groups in total. The molecule has 0 radical (unpaired) electrons. The van der Waals surface area contributed by atoms with Crippen molar-refractivity contribution in [2.24, 2.45) is 5.92 Å². The van der Waals surface area contributed by atoms with Gasteiger partial charge in [0, 0.05) is 24.2 Å². The van der Waals surface area contributed by atoms with E-state index < -0.39 is 17.7 Å². The highest BCUT2D eigenvalue weighted by Crippen LogP contribution is 2.31. The SMILES string of the molecule is O=C(NCC#Cc1ccccc1C(F)(F)F)C1CC(=O)N(c2ccccc2)C1. The van der Waals surface area contributed by atoms with Gasteiger partial charge in [-0.2, -0.15) is 13.2 Å². The van der Waals surface area contributed by atoms with Gasteiger partial charge in [0.05, 0.1) is 18.0 Å². The molecule has 1 saturated heterocycles. The van der Waals surface area contributed by atoms with Crippen LogP contribution in [0, 0.1) is 17.8 Å². The molecule has 2 aromatic rings. The first kappa shape index (κ1) is 19.5. The second kappa shape index (κ2) is 8.17. The van der Waals surface area contributed by atoms with Crippen molar-refractivity contribution in [2.75, 3.05) is 18.0 Å². The molecule has 1 aliphatic rings. The Bertz CT molecular complexity index is 930. The van der Waals surface area contributed by atoms with E-state index >= 15 is 0 Å². The summed E-state index contributed by atoms with van der Waals surface area (Å²) in [6.45, 7) is 0.167. The van der Waals surface area contributed by atoms with E-state index in [0.29, 0.717) is 0 Å². The molecule has 2 aromatic carbocycles. The van der Waals surface area contributed by atoms with Crippen LogP contribution >= 0.6 is 0 Å². The Morgan fingerprint density at radius 3 is 2.50 bits per heavy atom. The highest BCUT2D eigenvalue weighted by Gasteiger charge is 2.35. The summed E-state index contributed by atoms with van der Waals surface area (Å²) >= 11 is 0. The molecule has 0 bridgehead atoms. The maximum absolute atomic E-state index is 12.9. The minimum atomic E-state index is -4.49. The molecule has 0 saturated carbocycles. The average molecular weight is 386 g/mol. The van der Waals surface area contributed by atoms with Gasteiger partial charge in [0.25, 0.3) is 0 Å². The van der Waals surface area contributed by atoms with Crippen LogP contribution in [0.4, 0.5) is 18.9 Å². The number of hydrogen-bond donors (Lipinski definition) is 1. The lowest BCUT2D eigenvalue weighted by Crippen LogP contribution is -2.33. The number of nitrogens with zero attached hydrogens (tertiary/aromatic N) is 1. The van der Waals surface area contributed by atoms with Crippen LogP contribution in [0.3, 0.4) is 0 Å². The molecule has 1 fully saturated rings. The number of rotatable bonds is 3. The summed E-state index contributed by atoms with van der Waals surface area (Å²) in [5.41, 5.74) is -0.226. The Kier molecular flexibility index (Phi) is 5.69. The molecule has 4 nitrogen and oxygen atoms in total. The predicted molar refractivity (Wildman–Crippen MR) is 98.2 cm³/mol. The van der Waals surface area contributed by atoms with E-state index in [1.54, 1.807) is 17.0 Å². The number of anilines is 1. The van der Waals surface area contributed by atoms with E-state index in [9.17, 15) is 22.8 Å². The fraction of sp³-hybridized carbons (Fsp3) is 0.238. The van der Waals surface area contributed by atoms with E-state index in [4.69, 9.17) is 0 Å². The first-order chi connectivity index (χ1) is 13.4. The van der Waals surface area contributed by atoms with Crippen LogP contribution in [0.5, 0.6) is 0 Å². The van der Waals surface area contributed by atoms with Crippen molar-refractivity contribution in [3.8, 4) is 11.8 Å². The summed E-state index contributed by atoms with van der Waals surface area (Å²) in [6, 6.07) is 14.1. The Hall–Kier alpha value is -3.27. The van der Waals surface area contributed by atoms with Crippen LogP contribution in [0.15, 0.2) is 54.6 Å². The first-order valence-corrected chi connectivity index (χ1v) is 8.64. The molecule has 0 aliphatic carbocycles. The van der Waals surface area contributed by atoms with Gasteiger partial charge >= 0.3 is 6.18 Å². The summed E-state index contributed by atoms with van der Waals surface area (Å²) in [7, 11) is 0. The van der Waals surface area contributed by atoms with Crippen molar-refractivity contribution in [3.63, 3.8) is 0 Å². The third-order valence-corrected chi connectivity index (χ3v) is 4.37. The molecule has 2 amide bonds. The standard InChI is InChI=1S/C21H17F3N2O2/c22-21(23,24)18-11-5-4-7-15(18)8-6-12-25-20(28)16-13-19(27)26(14-16)17-9-2-1-3-10-17/h1-5,7,9-11,16H,12-14H2,(H,25,28). The summed E-state index contributed by atoms with van der Waals surface area (Å²) in [5.74, 6) is 3.99. The quantitative estimate of drug-likeness (QED) is 0.824. The van der Waals surface area contributed by atoms with Gasteiger partial charge in [-0.25, -0.2) is 0 Å². The second-order valence-corrected chi connectivity index (χ2v) is 6.30. The number of hydrogen-bond acceptors (Lipinski definition) is 2. The van der Waals surface area contributed by atoms with Crippen LogP contribution in [0.2, 0.25) is 0 Å². The van der Waals surface area contributed by atoms with Crippen LogP contribution in [-0.4, -0.2) is 24.9 Å². The third-order valence-electron chi connectivity index (χ3n) is 4.37. The summed E-state index contributed by atoms with van der Waals surface area (Å²) in [6.07, 6.45) is -4.40. The Morgan fingerprint density at radius 2 is 1.79 bits per heavy atom. The number of alkyl halides is 3. The van der Waals surface area contributed by atoms with Crippen LogP contribution < -0.4 is 10.2 Å². The Labute approximate surface area is 160 Å². The molecular weight excluding hydrogens is 369 g/mol. The summed E-state index contributed by atoms with van der Waals surface area (Å²) in [5, 5.41) is 2.57. The molecule has 3 rings (SSSR count). The molecule has 1 unspecified atom stereocenters. The molecular formula is C21H17F3N2O2. The van der Waals surface area contributed by atoms with Crippen molar-refractivity contribution in [3.05, 3.63) is 65.7 Å². The lowest BCUT2D eigenvalue weighted by Gasteiger charge is -2.16. The number of nitrogens with one attached hydrogen (secondary N) is 1. The fourth-order valence-corrected chi connectivity index (χ4v) is 3.00. The van der Waals surface area contributed by atoms with Gasteiger partial charge in [0.1, 0.15) is 0 Å². The van der Waals surface area contributed by atoms with E-state index in [2.05, 4.69) is 17.2 Å². The van der Waals surface area contributed by atoms with Crippen molar-refractivity contribution in [1.82, 2.24) is 5.32 Å². The summed E-state index contributed by atoms with van der Waals surface area (Å²) < 4.78 is 38.8. The third kappa shape index (κ3) is 4.52. The van der Waals surface area contributed by atoms with Crippen molar-refractivity contribution >= 4 is 17.5 Å². The van der Waals surface area contributed by atoms with E-state index in [1.807, 2.05) is 18.2 Å². The van der Waals surface area contributed by atoms with E-state index in [1.165, 1.54) is 18.2 Å². The van der Waals surface area contributed by atoms with Crippen molar-refractivity contribution in [2.45, 2.75) is 12.6 Å². The van der Waals surface area contributed by atoms with Crippen LogP contribution in [-0.2, 0) is 15.8 Å². The topological polar surface area (TPSA) is 49.4 Å². The number of benzene rings is 2. The largest absolute Gasteiger partial charge is 0.417 e. The molecule has 7 heteroatoms. The van der Waals surface area contributed by atoms with Crippen molar-refractivity contribution < 1.29 is 22.8 Å². The van der Waals surface area contributed by atoms with Gasteiger partial charge in [-0.3, -0.25) is 9.59 Å². The van der Waals surface area contributed by atoms with Gasteiger partial charge in [-0.1, -0.05) is 42.2 Å². The minimum Gasteiger partial charge on any atom is -0.345 e. The zero-order valence-corrected chi connectivity index (χ0v) is 14.8. The maximum atomic E-state index is 12.9. The monoisotopic (exact) mass is 386 g/mol. The van der Waals surface area contributed by atoms with Gasteiger partial charge in [0.2, 0.25) is 11.8 Å². The lowest BCUT2D eigenvalue weighted by atomic mass is 10.1. The number of para-hydroxylation sites is 1. The first-order valence-electron chi connectivity index (χ1n) is 8.64. The minimum absolute atomic E-state index is 0.0884. The Balaban J connectivity index is 1.58. The number of halogens is 3. The number of carbonyl (C=O) groups excluding carboxylic acids is 2. The maximum Gasteiger partial charge on any atom is 0.417 e. The van der Waals surface area contributed by atoms with E-state index in [-0.39, 0.29) is 36.9 Å². The molecule has 0 aromatic heterocycles. The van der Waals surface area contributed by atoms with Gasteiger partial charge < -0.3 is 10.2 Å². The van der Waals surface area contributed by atoms with Gasteiger partial charge in [0.15, 0.2) is 0 Å². The number of carbonyl (C=O) groups is 2. The Morgan fingerprint density at radius 1 is 1.11 bits per heavy atom. The normalized spacial score (nSPS) is 16.5. The van der Waals surface area contributed by atoms with Gasteiger partial charge in [-0.05, 0) is 24.3 Å². The molecule has 144 valence electrons.